The van der Waals surface area contributed by atoms with Crippen LogP contribution in [0.5, 0.6) is 0 Å². The maximum Gasteiger partial charge on any atom is 0.123 e. The first-order chi connectivity index (χ1) is 7.47. The summed E-state index contributed by atoms with van der Waals surface area (Å²) in [6.07, 6.45) is 0. The van der Waals surface area contributed by atoms with Crippen LogP contribution < -0.4 is 10.6 Å². The number of anilines is 1. The molecule has 1 unspecified atom stereocenters. The van der Waals surface area contributed by atoms with Crippen LogP contribution in [0.25, 0.3) is 0 Å². The van der Waals surface area contributed by atoms with E-state index in [4.69, 9.17) is 5.73 Å². The molecule has 16 heavy (non-hydrogen) atoms. The second-order valence-corrected chi connectivity index (χ2v) is 4.57. The molecule has 0 aliphatic rings. The second-order valence-electron chi connectivity index (χ2n) is 4.57. The van der Waals surface area contributed by atoms with Crippen molar-refractivity contribution in [2.24, 2.45) is 11.7 Å². The van der Waals surface area contributed by atoms with Gasteiger partial charge in [0, 0.05) is 25.3 Å². The van der Waals surface area contributed by atoms with E-state index in [0.29, 0.717) is 18.5 Å². The molecule has 2 N–H and O–H groups in total. The summed E-state index contributed by atoms with van der Waals surface area (Å²) in [4.78, 5) is 2.16. The Bertz CT molecular complexity index is 350. The highest BCUT2D eigenvalue weighted by Crippen LogP contribution is 2.24. The van der Waals surface area contributed by atoms with E-state index in [9.17, 15) is 4.39 Å². The van der Waals surface area contributed by atoms with Crippen LogP contribution in [0.3, 0.4) is 0 Å². The number of rotatable bonds is 4. The Kier molecular flexibility index (Phi) is 4.30. The number of halogens is 1. The highest BCUT2D eigenvalue weighted by atomic mass is 19.1. The summed E-state index contributed by atoms with van der Waals surface area (Å²) in [6, 6.07) is 5.20. The van der Waals surface area contributed by atoms with Crippen molar-refractivity contribution in [1.82, 2.24) is 0 Å². The first-order valence-electron chi connectivity index (χ1n) is 5.68. The average Bonchev–Trinajstić information content (AvgIpc) is 2.26. The summed E-state index contributed by atoms with van der Waals surface area (Å²) >= 11 is 0. The first kappa shape index (κ1) is 13.0. The van der Waals surface area contributed by atoms with E-state index in [0.717, 1.165) is 11.3 Å². The highest BCUT2D eigenvalue weighted by molar-refractivity contribution is 5.54. The zero-order valence-electron chi connectivity index (χ0n) is 10.5. The third-order valence-corrected chi connectivity index (χ3v) is 3.22. The van der Waals surface area contributed by atoms with E-state index in [2.05, 4.69) is 25.7 Å². The van der Waals surface area contributed by atoms with Crippen molar-refractivity contribution in [3.05, 3.63) is 29.6 Å². The van der Waals surface area contributed by atoms with Crippen LogP contribution in [-0.4, -0.2) is 13.1 Å². The van der Waals surface area contributed by atoms with Crippen LogP contribution >= 0.6 is 0 Å². The molecule has 0 aliphatic heterocycles. The Morgan fingerprint density at radius 2 is 1.94 bits per heavy atom. The van der Waals surface area contributed by atoms with Gasteiger partial charge in [-0.3, -0.25) is 0 Å². The number of hydrogen-bond donors (Lipinski definition) is 1. The molecule has 2 nitrogen and oxygen atoms in total. The van der Waals surface area contributed by atoms with Crippen molar-refractivity contribution in [3.8, 4) is 0 Å². The van der Waals surface area contributed by atoms with E-state index in [1.54, 1.807) is 6.07 Å². The predicted molar refractivity (Wildman–Crippen MR) is 67.0 cm³/mol. The van der Waals surface area contributed by atoms with Gasteiger partial charge in [-0.05, 0) is 36.6 Å². The third-order valence-electron chi connectivity index (χ3n) is 3.22. The molecule has 1 aromatic carbocycles. The Morgan fingerprint density at radius 3 is 2.44 bits per heavy atom. The van der Waals surface area contributed by atoms with Gasteiger partial charge in [-0.15, -0.1) is 0 Å². The molecule has 1 atom stereocenters. The maximum atomic E-state index is 13.1. The smallest absolute Gasteiger partial charge is 0.123 e. The third kappa shape index (κ3) is 2.73. The minimum absolute atomic E-state index is 0.227. The van der Waals surface area contributed by atoms with Crippen LogP contribution in [0.4, 0.5) is 10.1 Å². The minimum Gasteiger partial charge on any atom is -0.371 e. The van der Waals surface area contributed by atoms with Crippen LogP contribution in [0.15, 0.2) is 18.2 Å². The lowest BCUT2D eigenvalue weighted by atomic mass is 10.0. The van der Waals surface area contributed by atoms with Gasteiger partial charge < -0.3 is 10.6 Å². The molecule has 0 bridgehead atoms. The number of nitrogens with zero attached hydrogens (tertiary/aromatic N) is 1. The lowest BCUT2D eigenvalue weighted by Gasteiger charge is -2.31. The number of hydrogen-bond acceptors (Lipinski definition) is 2. The largest absolute Gasteiger partial charge is 0.371 e. The fourth-order valence-electron chi connectivity index (χ4n) is 1.73. The van der Waals surface area contributed by atoms with Crippen molar-refractivity contribution in [2.75, 3.05) is 11.9 Å². The van der Waals surface area contributed by atoms with Gasteiger partial charge in [0.05, 0.1) is 0 Å². The quantitative estimate of drug-likeness (QED) is 0.852. The second kappa shape index (κ2) is 5.30. The highest BCUT2D eigenvalue weighted by Gasteiger charge is 2.16. The van der Waals surface area contributed by atoms with Gasteiger partial charge in [-0.2, -0.15) is 0 Å². The van der Waals surface area contributed by atoms with Crippen molar-refractivity contribution in [1.29, 1.82) is 0 Å². The van der Waals surface area contributed by atoms with Crippen molar-refractivity contribution in [2.45, 2.75) is 33.4 Å². The zero-order valence-corrected chi connectivity index (χ0v) is 10.5. The minimum atomic E-state index is -0.227. The molecule has 0 fully saturated rings. The summed E-state index contributed by atoms with van der Waals surface area (Å²) in [5, 5.41) is 0. The Hall–Kier alpha value is -1.09. The van der Waals surface area contributed by atoms with E-state index in [1.807, 2.05) is 7.05 Å². The molecule has 0 aromatic heterocycles. The molecule has 0 saturated heterocycles. The summed E-state index contributed by atoms with van der Waals surface area (Å²) in [7, 11) is 2.02. The lowest BCUT2D eigenvalue weighted by Crippen LogP contribution is -2.34. The molecule has 1 rings (SSSR count). The van der Waals surface area contributed by atoms with Crippen LogP contribution in [0.2, 0.25) is 0 Å². The molecular formula is C13H21FN2. The normalized spacial score (nSPS) is 12.9. The van der Waals surface area contributed by atoms with Crippen molar-refractivity contribution < 1.29 is 4.39 Å². The monoisotopic (exact) mass is 224 g/mol. The van der Waals surface area contributed by atoms with Gasteiger partial charge in [0.25, 0.3) is 0 Å². The first-order valence-corrected chi connectivity index (χ1v) is 5.68. The van der Waals surface area contributed by atoms with Gasteiger partial charge >= 0.3 is 0 Å². The maximum absolute atomic E-state index is 13.1. The SMILES string of the molecule is CC(C)C(C)N(C)c1ccc(F)cc1CN. The van der Waals surface area contributed by atoms with E-state index >= 15 is 0 Å². The number of benzene rings is 1. The van der Waals surface area contributed by atoms with Gasteiger partial charge in [0.2, 0.25) is 0 Å². The number of nitrogens with two attached hydrogens (primary N) is 1. The molecule has 0 radical (unpaired) electrons. The van der Waals surface area contributed by atoms with E-state index in [-0.39, 0.29) is 5.82 Å². The zero-order chi connectivity index (χ0) is 12.3. The molecule has 0 aliphatic carbocycles. The van der Waals surface area contributed by atoms with Crippen LogP contribution in [0, 0.1) is 11.7 Å². The summed E-state index contributed by atoms with van der Waals surface area (Å²) in [5.74, 6) is 0.315. The molecule has 0 amide bonds. The van der Waals surface area contributed by atoms with Crippen molar-refractivity contribution >= 4 is 5.69 Å². The Labute approximate surface area is 97.3 Å². The van der Waals surface area contributed by atoms with Crippen molar-refractivity contribution in [3.63, 3.8) is 0 Å². The fourth-order valence-corrected chi connectivity index (χ4v) is 1.73. The molecule has 1 aromatic rings. The lowest BCUT2D eigenvalue weighted by molar-refractivity contribution is 0.504. The van der Waals surface area contributed by atoms with Crippen LogP contribution in [0.1, 0.15) is 26.3 Å². The molecular weight excluding hydrogens is 203 g/mol. The van der Waals surface area contributed by atoms with Gasteiger partial charge in [0.15, 0.2) is 0 Å². The van der Waals surface area contributed by atoms with Crippen LogP contribution in [-0.2, 0) is 6.54 Å². The van der Waals surface area contributed by atoms with E-state index < -0.39 is 0 Å². The molecule has 90 valence electrons. The topological polar surface area (TPSA) is 29.3 Å². The Morgan fingerprint density at radius 1 is 1.31 bits per heavy atom. The average molecular weight is 224 g/mol. The standard InChI is InChI=1S/C13H21FN2/c1-9(2)10(3)16(4)13-6-5-12(14)7-11(13)8-15/h5-7,9-10H,8,15H2,1-4H3. The van der Waals surface area contributed by atoms with Gasteiger partial charge in [0.1, 0.15) is 5.82 Å². The summed E-state index contributed by atoms with van der Waals surface area (Å²) in [6.45, 7) is 6.87. The van der Waals surface area contributed by atoms with E-state index in [1.165, 1.54) is 12.1 Å². The molecule has 0 heterocycles. The van der Waals surface area contributed by atoms with Gasteiger partial charge in [-0.1, -0.05) is 13.8 Å². The summed E-state index contributed by atoms with van der Waals surface area (Å²) in [5.41, 5.74) is 7.52. The summed E-state index contributed by atoms with van der Waals surface area (Å²) < 4.78 is 13.1. The predicted octanol–water partition coefficient (Wildman–Crippen LogP) is 2.77. The fraction of sp³-hybridized carbons (Fsp3) is 0.538. The molecule has 0 spiro atoms. The van der Waals surface area contributed by atoms with Gasteiger partial charge in [-0.25, -0.2) is 4.39 Å². The molecule has 0 saturated carbocycles. The molecule has 3 heteroatoms. The Balaban J connectivity index is 3.03.